The van der Waals surface area contributed by atoms with E-state index < -0.39 is 0 Å². The third-order valence-electron chi connectivity index (χ3n) is 3.04. The molecule has 98 valence electrons. The van der Waals surface area contributed by atoms with E-state index in [1.807, 2.05) is 0 Å². The standard InChI is InChI=1S/C12H19N5O/c1-13-11-8-14-7-10(16-11)12(18)15-5-6-17(2)9-3-4-9/h7-9H,3-6H2,1-2H3,(H,13,16)(H,15,18). The maximum atomic E-state index is 11.8. The van der Waals surface area contributed by atoms with Gasteiger partial charge in [0.25, 0.3) is 5.91 Å². The van der Waals surface area contributed by atoms with Crippen molar-refractivity contribution < 1.29 is 4.79 Å². The molecule has 0 bridgehead atoms. The SMILES string of the molecule is CNc1cncc(C(=O)NCCN(C)C2CC2)n1. The molecule has 6 nitrogen and oxygen atoms in total. The second-order valence-corrected chi connectivity index (χ2v) is 4.51. The zero-order chi connectivity index (χ0) is 13.0. The Morgan fingerprint density at radius 3 is 2.94 bits per heavy atom. The van der Waals surface area contributed by atoms with Gasteiger partial charge in [0.05, 0.1) is 12.4 Å². The molecule has 6 heteroatoms. The highest BCUT2D eigenvalue weighted by atomic mass is 16.1. The van der Waals surface area contributed by atoms with Gasteiger partial charge in [0, 0.05) is 26.2 Å². The van der Waals surface area contributed by atoms with Gasteiger partial charge in [0.2, 0.25) is 0 Å². The van der Waals surface area contributed by atoms with Gasteiger partial charge in [0.15, 0.2) is 0 Å². The minimum absolute atomic E-state index is 0.177. The molecule has 1 saturated carbocycles. The number of amides is 1. The monoisotopic (exact) mass is 249 g/mol. The largest absolute Gasteiger partial charge is 0.372 e. The first kappa shape index (κ1) is 12.8. The highest BCUT2D eigenvalue weighted by Gasteiger charge is 2.25. The predicted molar refractivity (Wildman–Crippen MR) is 69.6 cm³/mol. The molecule has 1 aliphatic carbocycles. The Balaban J connectivity index is 1.79. The lowest BCUT2D eigenvalue weighted by Gasteiger charge is -2.15. The van der Waals surface area contributed by atoms with Crippen LogP contribution < -0.4 is 10.6 Å². The fraction of sp³-hybridized carbons (Fsp3) is 0.583. The molecule has 1 aliphatic rings. The average Bonchev–Trinajstić information content (AvgIpc) is 3.23. The lowest BCUT2D eigenvalue weighted by atomic mass is 10.4. The molecule has 1 aromatic heterocycles. The molecule has 1 aromatic rings. The average molecular weight is 249 g/mol. The highest BCUT2D eigenvalue weighted by molar-refractivity contribution is 5.92. The van der Waals surface area contributed by atoms with Gasteiger partial charge in [-0.15, -0.1) is 0 Å². The van der Waals surface area contributed by atoms with Gasteiger partial charge in [-0.2, -0.15) is 0 Å². The number of nitrogens with one attached hydrogen (secondary N) is 2. The zero-order valence-corrected chi connectivity index (χ0v) is 10.8. The Morgan fingerprint density at radius 2 is 2.28 bits per heavy atom. The van der Waals surface area contributed by atoms with Crippen molar-refractivity contribution in [3.8, 4) is 0 Å². The minimum atomic E-state index is -0.177. The van der Waals surface area contributed by atoms with Crippen molar-refractivity contribution >= 4 is 11.7 Å². The minimum Gasteiger partial charge on any atom is -0.372 e. The van der Waals surface area contributed by atoms with E-state index in [1.54, 1.807) is 13.2 Å². The topological polar surface area (TPSA) is 70.2 Å². The van der Waals surface area contributed by atoms with Crippen molar-refractivity contribution in [1.29, 1.82) is 0 Å². The molecule has 1 fully saturated rings. The number of aromatic nitrogens is 2. The third-order valence-corrected chi connectivity index (χ3v) is 3.04. The summed E-state index contributed by atoms with van der Waals surface area (Å²) in [5.41, 5.74) is 0.343. The summed E-state index contributed by atoms with van der Waals surface area (Å²) in [4.78, 5) is 22.2. The van der Waals surface area contributed by atoms with Gasteiger partial charge in [-0.1, -0.05) is 0 Å². The quantitative estimate of drug-likeness (QED) is 0.761. The van der Waals surface area contributed by atoms with E-state index in [1.165, 1.54) is 19.0 Å². The highest BCUT2D eigenvalue weighted by Crippen LogP contribution is 2.24. The molecule has 0 atom stereocenters. The molecule has 0 aliphatic heterocycles. The summed E-state index contributed by atoms with van der Waals surface area (Å²) in [6.07, 6.45) is 5.61. The van der Waals surface area contributed by atoms with Crippen LogP contribution in [0.3, 0.4) is 0 Å². The molecule has 2 N–H and O–H groups in total. The summed E-state index contributed by atoms with van der Waals surface area (Å²) in [7, 11) is 3.83. The maximum Gasteiger partial charge on any atom is 0.271 e. The van der Waals surface area contributed by atoms with E-state index in [4.69, 9.17) is 0 Å². The van der Waals surface area contributed by atoms with Crippen LogP contribution in [0.5, 0.6) is 0 Å². The van der Waals surface area contributed by atoms with Crippen molar-refractivity contribution in [2.75, 3.05) is 32.5 Å². The van der Waals surface area contributed by atoms with Crippen molar-refractivity contribution in [2.45, 2.75) is 18.9 Å². The summed E-state index contributed by atoms with van der Waals surface area (Å²) in [5.74, 6) is 0.418. The number of anilines is 1. The van der Waals surface area contributed by atoms with Crippen LogP contribution in [0.25, 0.3) is 0 Å². The molecular weight excluding hydrogens is 230 g/mol. The predicted octanol–water partition coefficient (Wildman–Crippen LogP) is 0.342. The van der Waals surface area contributed by atoms with Crippen molar-refractivity contribution in [3.63, 3.8) is 0 Å². The Morgan fingerprint density at radius 1 is 1.50 bits per heavy atom. The fourth-order valence-electron chi connectivity index (χ4n) is 1.73. The second-order valence-electron chi connectivity index (χ2n) is 4.51. The fourth-order valence-corrected chi connectivity index (χ4v) is 1.73. The molecule has 0 unspecified atom stereocenters. The van der Waals surface area contributed by atoms with E-state index in [-0.39, 0.29) is 5.91 Å². The van der Waals surface area contributed by atoms with Gasteiger partial charge in [-0.25, -0.2) is 4.98 Å². The number of likely N-dealkylation sites (N-methyl/N-ethyl adjacent to an activating group) is 1. The number of carbonyl (C=O) groups is 1. The summed E-state index contributed by atoms with van der Waals surface area (Å²) < 4.78 is 0. The first-order chi connectivity index (χ1) is 8.70. The number of nitrogens with zero attached hydrogens (tertiary/aromatic N) is 3. The first-order valence-corrected chi connectivity index (χ1v) is 6.19. The van der Waals surface area contributed by atoms with Crippen LogP contribution >= 0.6 is 0 Å². The first-order valence-electron chi connectivity index (χ1n) is 6.19. The van der Waals surface area contributed by atoms with E-state index in [0.29, 0.717) is 24.1 Å². The molecule has 0 radical (unpaired) electrons. The van der Waals surface area contributed by atoms with E-state index in [2.05, 4.69) is 32.5 Å². The van der Waals surface area contributed by atoms with Gasteiger partial charge in [0.1, 0.15) is 11.5 Å². The Bertz CT molecular complexity index is 419. The Kier molecular flexibility index (Phi) is 4.09. The summed E-state index contributed by atoms with van der Waals surface area (Å²) in [6.45, 7) is 1.51. The Labute approximate surface area is 107 Å². The second kappa shape index (κ2) is 5.77. The molecule has 2 rings (SSSR count). The molecule has 0 aromatic carbocycles. The number of hydrogen-bond donors (Lipinski definition) is 2. The van der Waals surface area contributed by atoms with Crippen LogP contribution in [0.2, 0.25) is 0 Å². The summed E-state index contributed by atoms with van der Waals surface area (Å²) >= 11 is 0. The van der Waals surface area contributed by atoms with E-state index in [9.17, 15) is 4.79 Å². The smallest absolute Gasteiger partial charge is 0.271 e. The summed E-state index contributed by atoms with van der Waals surface area (Å²) in [5, 5.41) is 5.71. The number of carbonyl (C=O) groups excluding carboxylic acids is 1. The molecule has 18 heavy (non-hydrogen) atoms. The van der Waals surface area contributed by atoms with Crippen molar-refractivity contribution in [3.05, 3.63) is 18.1 Å². The molecule has 1 amide bonds. The number of rotatable bonds is 6. The zero-order valence-electron chi connectivity index (χ0n) is 10.8. The van der Waals surface area contributed by atoms with Crippen LogP contribution in [-0.4, -0.2) is 54.0 Å². The lowest BCUT2D eigenvalue weighted by Crippen LogP contribution is -2.34. The van der Waals surface area contributed by atoms with Crippen molar-refractivity contribution in [2.24, 2.45) is 0 Å². The van der Waals surface area contributed by atoms with Crippen LogP contribution in [0.15, 0.2) is 12.4 Å². The molecule has 0 spiro atoms. The molecule has 0 saturated heterocycles. The van der Waals surface area contributed by atoms with Gasteiger partial charge in [-0.05, 0) is 19.9 Å². The van der Waals surface area contributed by atoms with Crippen LogP contribution in [0.4, 0.5) is 5.82 Å². The maximum absolute atomic E-state index is 11.8. The van der Waals surface area contributed by atoms with Gasteiger partial charge >= 0.3 is 0 Å². The number of hydrogen-bond acceptors (Lipinski definition) is 5. The lowest BCUT2D eigenvalue weighted by molar-refractivity contribution is 0.0944. The van der Waals surface area contributed by atoms with Crippen LogP contribution in [-0.2, 0) is 0 Å². The van der Waals surface area contributed by atoms with Crippen LogP contribution in [0.1, 0.15) is 23.3 Å². The normalized spacial score (nSPS) is 14.6. The van der Waals surface area contributed by atoms with E-state index in [0.717, 1.165) is 6.54 Å². The molecule has 1 heterocycles. The van der Waals surface area contributed by atoms with E-state index >= 15 is 0 Å². The van der Waals surface area contributed by atoms with Gasteiger partial charge in [-0.3, -0.25) is 9.78 Å². The van der Waals surface area contributed by atoms with Crippen LogP contribution in [0, 0.1) is 0 Å². The third kappa shape index (κ3) is 3.40. The Hall–Kier alpha value is -1.69. The summed E-state index contributed by atoms with van der Waals surface area (Å²) in [6, 6.07) is 0.717. The van der Waals surface area contributed by atoms with Crippen molar-refractivity contribution in [1.82, 2.24) is 20.2 Å². The van der Waals surface area contributed by atoms with Gasteiger partial charge < -0.3 is 15.5 Å². The molecular formula is C12H19N5O.